The molecule has 1 unspecified atom stereocenters. The molecular formula is C18H18F3N3O2. The van der Waals surface area contributed by atoms with Crippen LogP contribution in [0, 0.1) is 19.8 Å². The zero-order chi connectivity index (χ0) is 18.7. The van der Waals surface area contributed by atoms with Gasteiger partial charge in [-0.3, -0.25) is 4.79 Å². The second kappa shape index (κ2) is 5.57. The number of anilines is 1. The molecule has 1 aromatic heterocycles. The predicted molar refractivity (Wildman–Crippen MR) is 88.1 cm³/mol. The molecule has 2 aromatic rings. The van der Waals surface area contributed by atoms with Crippen molar-refractivity contribution in [3.05, 3.63) is 42.0 Å². The van der Waals surface area contributed by atoms with Gasteiger partial charge in [0.25, 0.3) is 5.91 Å². The molecule has 1 amide bonds. The maximum Gasteiger partial charge on any atom is 0.414 e. The van der Waals surface area contributed by atoms with E-state index in [1.807, 2.05) is 30.5 Å². The molecule has 5 rings (SSSR count). The maximum atomic E-state index is 12.9. The van der Waals surface area contributed by atoms with E-state index in [4.69, 9.17) is 4.74 Å². The number of aromatic nitrogens is 2. The number of carbonyl (C=O) groups excluding carboxylic acids is 1. The Morgan fingerprint density at radius 1 is 1.27 bits per heavy atom. The number of imidazole rings is 1. The third-order valence-corrected chi connectivity index (χ3v) is 5.36. The molecule has 1 atom stereocenters. The molecular weight excluding hydrogens is 347 g/mol. The largest absolute Gasteiger partial charge is 0.414 e. The van der Waals surface area contributed by atoms with Gasteiger partial charge in [-0.25, -0.2) is 4.98 Å². The Morgan fingerprint density at radius 2 is 1.92 bits per heavy atom. The molecule has 2 saturated heterocycles. The number of ether oxygens (including phenoxy) is 1. The topological polar surface area (TPSA) is 56.2 Å². The van der Waals surface area contributed by atoms with Crippen LogP contribution in [0.4, 0.5) is 18.9 Å². The lowest BCUT2D eigenvalue weighted by Crippen LogP contribution is -2.48. The van der Waals surface area contributed by atoms with Crippen LogP contribution in [-0.2, 0) is 9.53 Å². The maximum absolute atomic E-state index is 12.9. The molecule has 0 radical (unpaired) electrons. The van der Waals surface area contributed by atoms with E-state index in [2.05, 4.69) is 10.3 Å². The number of halogens is 3. The van der Waals surface area contributed by atoms with Crippen LogP contribution >= 0.6 is 0 Å². The van der Waals surface area contributed by atoms with Crippen molar-refractivity contribution in [2.24, 2.45) is 5.92 Å². The summed E-state index contributed by atoms with van der Waals surface area (Å²) in [5.41, 5.74) is 2.00. The minimum absolute atomic E-state index is 0.120. The Balaban J connectivity index is 1.46. The lowest BCUT2D eigenvalue weighted by atomic mass is 9.72. The summed E-state index contributed by atoms with van der Waals surface area (Å²) >= 11 is 0. The van der Waals surface area contributed by atoms with Crippen LogP contribution < -0.4 is 5.32 Å². The average molecular weight is 365 g/mol. The minimum Gasteiger partial charge on any atom is -0.352 e. The lowest BCUT2D eigenvalue weighted by Gasteiger charge is -2.33. The van der Waals surface area contributed by atoms with Crippen molar-refractivity contribution in [3.63, 3.8) is 0 Å². The first-order valence-electron chi connectivity index (χ1n) is 8.37. The van der Waals surface area contributed by atoms with E-state index in [9.17, 15) is 18.0 Å². The van der Waals surface area contributed by atoms with E-state index in [1.165, 1.54) is 0 Å². The molecule has 8 heteroatoms. The van der Waals surface area contributed by atoms with E-state index in [0.717, 1.165) is 17.1 Å². The van der Waals surface area contributed by atoms with Gasteiger partial charge in [0, 0.05) is 23.0 Å². The number of nitrogens with zero attached hydrogens (tertiary/aromatic N) is 2. The fourth-order valence-electron chi connectivity index (χ4n) is 3.72. The van der Waals surface area contributed by atoms with Crippen molar-refractivity contribution in [3.8, 4) is 5.69 Å². The van der Waals surface area contributed by atoms with Crippen molar-refractivity contribution in [1.82, 2.24) is 9.55 Å². The molecule has 3 heterocycles. The summed E-state index contributed by atoms with van der Waals surface area (Å²) in [7, 11) is 0. The normalized spacial score (nSPS) is 27.3. The Bertz CT molecular complexity index is 852. The first-order chi connectivity index (χ1) is 12.2. The van der Waals surface area contributed by atoms with Gasteiger partial charge in [0.2, 0.25) is 0 Å². The first-order valence-corrected chi connectivity index (χ1v) is 8.37. The van der Waals surface area contributed by atoms with Gasteiger partial charge in [-0.2, -0.15) is 13.2 Å². The fourth-order valence-corrected chi connectivity index (χ4v) is 3.72. The van der Waals surface area contributed by atoms with Gasteiger partial charge in [-0.15, -0.1) is 0 Å². The molecule has 3 aliphatic rings. The number of hydrogen-bond donors (Lipinski definition) is 1. The smallest absolute Gasteiger partial charge is 0.352 e. The first kappa shape index (κ1) is 17.1. The zero-order valence-corrected chi connectivity index (χ0v) is 14.3. The van der Waals surface area contributed by atoms with Crippen molar-refractivity contribution in [1.29, 1.82) is 0 Å². The number of nitrogens with one attached hydrogen (secondary N) is 1. The van der Waals surface area contributed by atoms with Gasteiger partial charge in [0.15, 0.2) is 6.10 Å². The number of rotatable bonds is 3. The molecule has 5 nitrogen and oxygen atoms in total. The van der Waals surface area contributed by atoms with Gasteiger partial charge >= 0.3 is 6.18 Å². The highest BCUT2D eigenvalue weighted by molar-refractivity contribution is 5.98. The number of carbonyl (C=O) groups is 1. The summed E-state index contributed by atoms with van der Waals surface area (Å²) in [6, 6.07) is 7.06. The van der Waals surface area contributed by atoms with Gasteiger partial charge in [-0.1, -0.05) is 0 Å². The molecule has 1 aliphatic carbocycles. The summed E-state index contributed by atoms with van der Waals surface area (Å²) in [5, 5.41) is 2.68. The van der Waals surface area contributed by atoms with Gasteiger partial charge in [0.1, 0.15) is 5.60 Å². The van der Waals surface area contributed by atoms with E-state index in [1.54, 1.807) is 18.5 Å². The molecule has 1 aromatic carbocycles. The van der Waals surface area contributed by atoms with Gasteiger partial charge < -0.3 is 14.6 Å². The zero-order valence-electron chi connectivity index (χ0n) is 14.3. The van der Waals surface area contributed by atoms with Crippen molar-refractivity contribution in [2.75, 3.05) is 5.32 Å². The van der Waals surface area contributed by atoms with Crippen LogP contribution in [0.3, 0.4) is 0 Å². The van der Waals surface area contributed by atoms with Crippen LogP contribution in [0.5, 0.6) is 0 Å². The molecule has 1 N–H and O–H groups in total. The predicted octanol–water partition coefficient (Wildman–Crippen LogP) is 3.54. The van der Waals surface area contributed by atoms with Crippen LogP contribution in [0.1, 0.15) is 24.2 Å². The van der Waals surface area contributed by atoms with Gasteiger partial charge in [-0.05, 0) is 51.0 Å². The molecule has 2 aliphatic heterocycles. The summed E-state index contributed by atoms with van der Waals surface area (Å²) in [4.78, 5) is 16.7. The third kappa shape index (κ3) is 2.59. The summed E-state index contributed by atoms with van der Waals surface area (Å²) < 4.78 is 45.6. The van der Waals surface area contributed by atoms with Crippen LogP contribution in [0.25, 0.3) is 5.69 Å². The third-order valence-electron chi connectivity index (χ3n) is 5.36. The van der Waals surface area contributed by atoms with Gasteiger partial charge in [0.05, 0.1) is 12.0 Å². The monoisotopic (exact) mass is 365 g/mol. The Hall–Kier alpha value is -2.35. The quantitative estimate of drug-likeness (QED) is 0.905. The van der Waals surface area contributed by atoms with Crippen molar-refractivity contribution < 1.29 is 22.7 Å². The molecule has 138 valence electrons. The Morgan fingerprint density at radius 3 is 2.42 bits per heavy atom. The second-order valence-corrected chi connectivity index (χ2v) is 7.03. The number of fused-ring (bicyclic) bond motifs is 1. The Kier molecular flexibility index (Phi) is 3.66. The lowest BCUT2D eigenvalue weighted by molar-refractivity contribution is -0.215. The van der Waals surface area contributed by atoms with Crippen molar-refractivity contribution >= 4 is 11.6 Å². The van der Waals surface area contributed by atoms with E-state index in [0.29, 0.717) is 5.69 Å². The van der Waals surface area contributed by atoms with Crippen LogP contribution in [0.2, 0.25) is 0 Å². The molecule has 2 bridgehead atoms. The fraction of sp³-hybridized carbons (Fsp3) is 0.444. The molecule has 3 fully saturated rings. The van der Waals surface area contributed by atoms with E-state index in [-0.39, 0.29) is 12.8 Å². The Labute approximate surface area is 148 Å². The van der Waals surface area contributed by atoms with Crippen LogP contribution in [-0.4, -0.2) is 33.3 Å². The highest BCUT2D eigenvalue weighted by atomic mass is 19.4. The summed E-state index contributed by atoms with van der Waals surface area (Å²) in [6.45, 7) is 3.88. The summed E-state index contributed by atoms with van der Waals surface area (Å²) in [6.07, 6.45) is -4.30. The average Bonchev–Trinajstić information content (AvgIpc) is 3.21. The number of amides is 1. The molecule has 1 saturated carbocycles. The number of benzene rings is 1. The minimum atomic E-state index is -4.42. The van der Waals surface area contributed by atoms with Crippen LogP contribution in [0.15, 0.2) is 30.6 Å². The van der Waals surface area contributed by atoms with E-state index >= 15 is 0 Å². The number of aryl methyl sites for hydroxylation is 1. The SMILES string of the molecule is Cc1ncn(-c2ccc(NC(=O)C34CC(C3)C(C(F)(F)F)O4)cc2)c1C. The van der Waals surface area contributed by atoms with E-state index < -0.39 is 29.7 Å². The summed E-state index contributed by atoms with van der Waals surface area (Å²) in [5.74, 6) is -1.13. The van der Waals surface area contributed by atoms with Crippen molar-refractivity contribution in [2.45, 2.75) is 44.6 Å². The number of hydrogen-bond acceptors (Lipinski definition) is 3. The highest BCUT2D eigenvalue weighted by Gasteiger charge is 2.68. The highest BCUT2D eigenvalue weighted by Crippen LogP contribution is 2.56. The second-order valence-electron chi connectivity index (χ2n) is 7.03. The molecule has 0 spiro atoms. The molecule has 26 heavy (non-hydrogen) atoms. The number of alkyl halides is 3. The standard InChI is InChI=1S/C18H18F3N3O2/c1-10-11(2)24(9-22-10)14-5-3-13(4-6-14)23-16(25)17-7-12(8-17)15(26-17)18(19,20)21/h3-6,9,12,15H,7-8H2,1-2H3,(H,23,25).